The number of benzene rings is 2. The van der Waals surface area contributed by atoms with E-state index in [-0.39, 0.29) is 17.7 Å². The summed E-state index contributed by atoms with van der Waals surface area (Å²) < 4.78 is 1.81. The molecule has 1 fully saturated rings. The molecule has 134 valence electrons. The van der Waals surface area contributed by atoms with E-state index in [9.17, 15) is 9.59 Å². The van der Waals surface area contributed by atoms with E-state index >= 15 is 0 Å². The third kappa shape index (κ3) is 4.05. The molecule has 0 aliphatic carbocycles. The van der Waals surface area contributed by atoms with E-state index in [1.165, 1.54) is 4.90 Å². The smallest absolute Gasteiger partial charge is 0.293 e. The van der Waals surface area contributed by atoms with Crippen molar-refractivity contribution in [3.63, 3.8) is 0 Å². The van der Waals surface area contributed by atoms with Crippen LogP contribution in [0.3, 0.4) is 0 Å². The fourth-order valence-electron chi connectivity index (χ4n) is 2.56. The molecule has 2 amide bonds. The van der Waals surface area contributed by atoms with Crippen molar-refractivity contribution in [1.29, 1.82) is 0 Å². The van der Waals surface area contributed by atoms with Gasteiger partial charge in [0.25, 0.3) is 11.1 Å². The van der Waals surface area contributed by atoms with Crippen LogP contribution in [0.25, 0.3) is 6.08 Å². The van der Waals surface area contributed by atoms with Gasteiger partial charge in [0.15, 0.2) is 0 Å². The highest BCUT2D eigenvalue weighted by Gasteiger charge is 2.35. The molecule has 0 spiro atoms. The molecule has 1 heterocycles. The topological polar surface area (TPSA) is 40.6 Å². The molecule has 2 aromatic carbocycles. The molecular weight excluding hydrogens is 480 g/mol. The van der Waals surface area contributed by atoms with Crippen LogP contribution in [0.15, 0.2) is 56.3 Å². The number of carbonyl (C=O) groups excluding carboxylic acids is 2. The van der Waals surface area contributed by atoms with Gasteiger partial charge in [-0.2, -0.15) is 0 Å². The maximum absolute atomic E-state index is 12.7. The van der Waals surface area contributed by atoms with Gasteiger partial charge in [-0.15, -0.1) is 0 Å². The predicted molar refractivity (Wildman–Crippen MR) is 114 cm³/mol. The first kappa shape index (κ1) is 19.2. The minimum absolute atomic E-state index is 0.249. The summed E-state index contributed by atoms with van der Waals surface area (Å²) in [6.07, 6.45) is 1.76. The number of carbonyl (C=O) groups is 2. The Morgan fingerprint density at radius 2 is 1.81 bits per heavy atom. The van der Waals surface area contributed by atoms with E-state index in [0.717, 1.165) is 37.5 Å². The Morgan fingerprint density at radius 3 is 2.46 bits per heavy atom. The molecule has 0 atom stereocenters. The number of halogens is 2. The number of rotatable bonds is 4. The third-order valence-electron chi connectivity index (χ3n) is 3.91. The first-order chi connectivity index (χ1) is 12.4. The second-order valence-corrected chi connectivity index (χ2v) is 8.67. The van der Waals surface area contributed by atoms with E-state index < -0.39 is 0 Å². The lowest BCUT2D eigenvalue weighted by Crippen LogP contribution is -2.27. The lowest BCUT2D eigenvalue weighted by atomic mass is 10.1. The molecule has 26 heavy (non-hydrogen) atoms. The lowest BCUT2D eigenvalue weighted by Gasteiger charge is -2.15. The summed E-state index contributed by atoms with van der Waals surface area (Å²) in [5.74, 6) is -0.261. The largest absolute Gasteiger partial charge is 0.377 e. The Bertz CT molecular complexity index is 912. The number of imide groups is 1. The zero-order valence-corrected chi connectivity index (χ0v) is 18.2. The van der Waals surface area contributed by atoms with Crippen molar-refractivity contribution < 1.29 is 9.59 Å². The molecule has 0 bridgehead atoms. The summed E-state index contributed by atoms with van der Waals surface area (Å²) in [5.41, 5.74) is 2.81. The molecule has 1 saturated heterocycles. The van der Waals surface area contributed by atoms with Gasteiger partial charge in [-0.3, -0.25) is 14.5 Å². The number of amides is 2. The Balaban J connectivity index is 1.83. The Hall–Kier alpha value is -1.57. The minimum Gasteiger partial charge on any atom is -0.377 e. The molecule has 3 rings (SSSR count). The Morgan fingerprint density at radius 1 is 1.08 bits per heavy atom. The van der Waals surface area contributed by atoms with Crippen molar-refractivity contribution >= 4 is 66.5 Å². The number of anilines is 1. The number of hydrogen-bond acceptors (Lipinski definition) is 4. The highest BCUT2D eigenvalue weighted by molar-refractivity contribution is 9.10. The van der Waals surface area contributed by atoms with Gasteiger partial charge in [-0.05, 0) is 63.1 Å². The molecule has 2 aromatic rings. The minimum atomic E-state index is -0.261. The van der Waals surface area contributed by atoms with Gasteiger partial charge < -0.3 is 4.90 Å². The highest BCUT2D eigenvalue weighted by Crippen LogP contribution is 2.35. The lowest BCUT2D eigenvalue weighted by molar-refractivity contribution is -0.123. The molecule has 1 aliphatic rings. The molecule has 7 heteroatoms. The molecule has 0 aromatic heterocycles. The maximum Gasteiger partial charge on any atom is 0.293 e. The maximum atomic E-state index is 12.7. The monoisotopic (exact) mass is 494 g/mol. The van der Waals surface area contributed by atoms with E-state index in [1.807, 2.05) is 61.5 Å². The standard InChI is InChI=1S/C19H16Br2N2O2S/c1-22(2)16-8-7-12(9-15(16)21)10-17-18(24)23(19(25)26-17)11-13-5-3-4-6-14(13)20/h3-10H,11H2,1-2H3/b17-10-. The van der Waals surface area contributed by atoms with Crippen molar-refractivity contribution in [3.8, 4) is 0 Å². The summed E-state index contributed by atoms with van der Waals surface area (Å²) in [5, 5.41) is -0.249. The summed E-state index contributed by atoms with van der Waals surface area (Å²) in [7, 11) is 3.93. The van der Waals surface area contributed by atoms with Crippen molar-refractivity contribution in [2.75, 3.05) is 19.0 Å². The predicted octanol–water partition coefficient (Wildman–Crippen LogP) is 5.51. The van der Waals surface area contributed by atoms with Crippen LogP contribution in [-0.4, -0.2) is 30.1 Å². The van der Waals surface area contributed by atoms with Gasteiger partial charge in [0.1, 0.15) is 0 Å². The molecule has 4 nitrogen and oxygen atoms in total. The van der Waals surface area contributed by atoms with Crippen molar-refractivity contribution in [1.82, 2.24) is 4.90 Å². The molecule has 0 saturated carbocycles. The second-order valence-electron chi connectivity index (χ2n) is 5.96. The van der Waals surface area contributed by atoms with Gasteiger partial charge >= 0.3 is 0 Å². The normalized spacial score (nSPS) is 15.8. The average Bonchev–Trinajstić information content (AvgIpc) is 2.84. The zero-order valence-electron chi connectivity index (χ0n) is 14.2. The van der Waals surface area contributed by atoms with Crippen molar-refractivity contribution in [2.45, 2.75) is 6.54 Å². The van der Waals surface area contributed by atoms with Crippen molar-refractivity contribution in [3.05, 3.63) is 67.4 Å². The summed E-state index contributed by atoms with van der Waals surface area (Å²) in [6, 6.07) is 13.4. The van der Waals surface area contributed by atoms with E-state index in [1.54, 1.807) is 6.08 Å². The number of nitrogens with zero attached hydrogens (tertiary/aromatic N) is 2. The van der Waals surface area contributed by atoms with Crippen LogP contribution >= 0.6 is 43.6 Å². The van der Waals surface area contributed by atoms with Gasteiger partial charge in [0.05, 0.1) is 17.1 Å². The van der Waals surface area contributed by atoms with E-state index in [0.29, 0.717) is 4.91 Å². The summed E-state index contributed by atoms with van der Waals surface area (Å²) >= 11 is 7.98. The van der Waals surface area contributed by atoms with Gasteiger partial charge in [-0.1, -0.05) is 40.2 Å². The van der Waals surface area contributed by atoms with Crippen molar-refractivity contribution in [2.24, 2.45) is 0 Å². The number of thioether (sulfide) groups is 1. The van der Waals surface area contributed by atoms with Crippen LogP contribution in [0.2, 0.25) is 0 Å². The molecule has 0 N–H and O–H groups in total. The Kier molecular flexibility index (Phi) is 5.89. The fourth-order valence-corrected chi connectivity index (χ4v) is 4.56. The molecule has 0 radical (unpaired) electrons. The first-order valence-corrected chi connectivity index (χ1v) is 10.2. The quantitative estimate of drug-likeness (QED) is 0.524. The SMILES string of the molecule is CN(C)c1ccc(/C=C2\SC(=O)N(Cc3ccccc3Br)C2=O)cc1Br. The van der Waals surface area contributed by atoms with Crippen LogP contribution in [0.5, 0.6) is 0 Å². The number of hydrogen-bond donors (Lipinski definition) is 0. The average molecular weight is 496 g/mol. The van der Waals surface area contributed by atoms with Crippen LogP contribution in [0.4, 0.5) is 10.5 Å². The van der Waals surface area contributed by atoms with E-state index in [2.05, 4.69) is 31.9 Å². The van der Waals surface area contributed by atoms with Gasteiger partial charge in [0.2, 0.25) is 0 Å². The van der Waals surface area contributed by atoms with Crippen LogP contribution in [0.1, 0.15) is 11.1 Å². The van der Waals surface area contributed by atoms with Gasteiger partial charge in [0, 0.05) is 23.0 Å². The molecule has 0 unspecified atom stereocenters. The second kappa shape index (κ2) is 7.98. The van der Waals surface area contributed by atoms with Crippen LogP contribution in [0, 0.1) is 0 Å². The highest BCUT2D eigenvalue weighted by atomic mass is 79.9. The first-order valence-electron chi connectivity index (χ1n) is 7.82. The zero-order chi connectivity index (χ0) is 18.8. The molecule has 1 aliphatic heterocycles. The summed E-state index contributed by atoms with van der Waals surface area (Å²) in [4.78, 5) is 28.7. The fraction of sp³-hybridized carbons (Fsp3) is 0.158. The Labute approximate surface area is 173 Å². The summed E-state index contributed by atoms with van der Waals surface area (Å²) in [6.45, 7) is 0.257. The molecular formula is C19H16Br2N2O2S. The van der Waals surface area contributed by atoms with E-state index in [4.69, 9.17) is 0 Å². The third-order valence-corrected chi connectivity index (χ3v) is 6.23. The van der Waals surface area contributed by atoms with Crippen LogP contribution in [-0.2, 0) is 11.3 Å². The van der Waals surface area contributed by atoms with Crippen LogP contribution < -0.4 is 4.90 Å². The van der Waals surface area contributed by atoms with Gasteiger partial charge in [-0.25, -0.2) is 0 Å².